The van der Waals surface area contributed by atoms with Crippen molar-refractivity contribution in [3.05, 3.63) is 30.5 Å². The molecule has 0 aliphatic carbocycles. The van der Waals surface area contributed by atoms with Crippen molar-refractivity contribution in [1.82, 2.24) is 15.2 Å². The van der Waals surface area contributed by atoms with Crippen molar-refractivity contribution in [3.63, 3.8) is 0 Å². The number of methoxy groups -OCH3 is 1. The van der Waals surface area contributed by atoms with E-state index in [2.05, 4.69) is 46.1 Å². The smallest absolute Gasteiger partial charge is 0.234 e. The molecule has 1 aromatic heterocycles. The Bertz CT molecular complexity index is 783. The lowest BCUT2D eigenvalue weighted by atomic mass is 9.96. The minimum Gasteiger partial charge on any atom is -0.497 e. The van der Waals surface area contributed by atoms with E-state index in [-0.39, 0.29) is 5.91 Å². The van der Waals surface area contributed by atoms with Gasteiger partial charge in [0, 0.05) is 36.9 Å². The normalized spacial score (nSPS) is 15.2. The molecule has 6 nitrogen and oxygen atoms in total. The van der Waals surface area contributed by atoms with Gasteiger partial charge in [-0.1, -0.05) is 13.8 Å². The first kappa shape index (κ1) is 20.4. The molecule has 152 valence electrons. The Morgan fingerprint density at radius 2 is 2.00 bits per heavy atom. The fraction of sp³-hybridized carbons (Fsp3) is 0.545. The zero-order valence-corrected chi connectivity index (χ0v) is 17.3. The maximum Gasteiger partial charge on any atom is 0.234 e. The number of fused-ring (bicyclic) bond motifs is 1. The van der Waals surface area contributed by atoms with E-state index in [4.69, 9.17) is 4.74 Å². The van der Waals surface area contributed by atoms with E-state index in [0.29, 0.717) is 12.5 Å². The molecular formula is C22H32N4O2. The van der Waals surface area contributed by atoms with E-state index in [1.54, 1.807) is 7.11 Å². The number of pyridine rings is 1. The molecule has 6 heteroatoms. The summed E-state index contributed by atoms with van der Waals surface area (Å²) in [5.41, 5.74) is 2.21. The number of piperidine rings is 1. The lowest BCUT2D eigenvalue weighted by Gasteiger charge is -2.34. The lowest BCUT2D eigenvalue weighted by Crippen LogP contribution is -2.42. The molecule has 0 bridgehead atoms. The largest absolute Gasteiger partial charge is 0.497 e. The van der Waals surface area contributed by atoms with Crippen LogP contribution in [0.3, 0.4) is 0 Å². The van der Waals surface area contributed by atoms with Gasteiger partial charge in [0.15, 0.2) is 0 Å². The number of benzene rings is 1. The first-order chi connectivity index (χ1) is 13.6. The van der Waals surface area contributed by atoms with Crippen molar-refractivity contribution >= 4 is 22.5 Å². The van der Waals surface area contributed by atoms with E-state index in [1.807, 2.05) is 18.3 Å². The lowest BCUT2D eigenvalue weighted by molar-refractivity contribution is -0.122. The third kappa shape index (κ3) is 4.93. The number of amides is 1. The fourth-order valence-corrected chi connectivity index (χ4v) is 3.86. The van der Waals surface area contributed by atoms with Gasteiger partial charge in [-0.2, -0.15) is 0 Å². The quantitative estimate of drug-likeness (QED) is 0.758. The van der Waals surface area contributed by atoms with Gasteiger partial charge in [0.25, 0.3) is 0 Å². The summed E-state index contributed by atoms with van der Waals surface area (Å²) in [5, 5.41) is 4.26. The first-order valence-electron chi connectivity index (χ1n) is 10.3. The van der Waals surface area contributed by atoms with Gasteiger partial charge in [-0.15, -0.1) is 0 Å². The molecule has 3 rings (SSSR count). The third-order valence-corrected chi connectivity index (χ3v) is 5.73. The monoisotopic (exact) mass is 384 g/mol. The highest BCUT2D eigenvalue weighted by atomic mass is 16.5. The summed E-state index contributed by atoms with van der Waals surface area (Å²) < 4.78 is 5.39. The summed E-state index contributed by atoms with van der Waals surface area (Å²) in [6.07, 6.45) is 4.04. The van der Waals surface area contributed by atoms with Gasteiger partial charge in [-0.25, -0.2) is 0 Å². The summed E-state index contributed by atoms with van der Waals surface area (Å²) in [4.78, 5) is 21.2. The van der Waals surface area contributed by atoms with E-state index in [0.717, 1.165) is 62.2 Å². The van der Waals surface area contributed by atoms with Gasteiger partial charge in [0.2, 0.25) is 5.91 Å². The van der Waals surface area contributed by atoms with Crippen LogP contribution in [0.15, 0.2) is 30.5 Å². The van der Waals surface area contributed by atoms with Crippen LogP contribution in [0, 0.1) is 5.92 Å². The molecule has 0 spiro atoms. The summed E-state index contributed by atoms with van der Waals surface area (Å²) in [5.74, 6) is 1.53. The molecule has 1 amide bonds. The molecule has 28 heavy (non-hydrogen) atoms. The number of nitrogens with zero attached hydrogens (tertiary/aromatic N) is 3. The summed E-state index contributed by atoms with van der Waals surface area (Å²) in [6, 6.07) is 8.12. The Hall–Kier alpha value is -2.34. The average Bonchev–Trinajstić information content (AvgIpc) is 2.75. The van der Waals surface area contributed by atoms with Crippen LogP contribution >= 0.6 is 0 Å². The predicted molar refractivity (Wildman–Crippen MR) is 114 cm³/mol. The van der Waals surface area contributed by atoms with Gasteiger partial charge in [0.1, 0.15) is 5.75 Å². The Kier molecular flexibility index (Phi) is 7.09. The van der Waals surface area contributed by atoms with Crippen LogP contribution in [0.2, 0.25) is 0 Å². The van der Waals surface area contributed by atoms with E-state index < -0.39 is 0 Å². The highest BCUT2D eigenvalue weighted by Gasteiger charge is 2.21. The number of carbonyl (C=O) groups is 1. The minimum absolute atomic E-state index is 0.137. The van der Waals surface area contributed by atoms with Gasteiger partial charge >= 0.3 is 0 Å². The second kappa shape index (κ2) is 9.73. The molecule has 0 unspecified atom stereocenters. The van der Waals surface area contributed by atoms with Crippen LogP contribution in [0.1, 0.15) is 26.7 Å². The van der Waals surface area contributed by atoms with Crippen molar-refractivity contribution in [2.24, 2.45) is 5.92 Å². The van der Waals surface area contributed by atoms with Gasteiger partial charge < -0.3 is 15.0 Å². The predicted octanol–water partition coefficient (Wildman–Crippen LogP) is 2.92. The zero-order valence-electron chi connectivity index (χ0n) is 17.3. The highest BCUT2D eigenvalue weighted by Crippen LogP contribution is 2.31. The third-order valence-electron chi connectivity index (χ3n) is 5.73. The molecule has 1 aliphatic rings. The zero-order chi connectivity index (χ0) is 19.9. The molecule has 1 fully saturated rings. The van der Waals surface area contributed by atoms with Gasteiger partial charge in [0.05, 0.1) is 19.2 Å². The second-order valence-corrected chi connectivity index (χ2v) is 7.41. The number of hydrogen-bond acceptors (Lipinski definition) is 5. The summed E-state index contributed by atoms with van der Waals surface area (Å²) in [6.45, 7) is 9.26. The number of rotatable bonds is 8. The molecule has 0 saturated carbocycles. The molecule has 2 aromatic rings. The molecule has 0 radical (unpaired) electrons. The van der Waals surface area contributed by atoms with E-state index in [9.17, 15) is 4.79 Å². The van der Waals surface area contributed by atoms with Crippen molar-refractivity contribution < 1.29 is 9.53 Å². The molecule has 1 N–H and O–H groups in total. The number of anilines is 1. The van der Waals surface area contributed by atoms with E-state index >= 15 is 0 Å². The van der Waals surface area contributed by atoms with Gasteiger partial charge in [-0.05, 0) is 56.1 Å². The van der Waals surface area contributed by atoms with Crippen molar-refractivity contribution in [2.45, 2.75) is 26.7 Å². The molecular weight excluding hydrogens is 352 g/mol. The maximum absolute atomic E-state index is 12.1. The number of hydrogen-bond donors (Lipinski definition) is 1. The minimum atomic E-state index is 0.137. The Balaban J connectivity index is 1.56. The second-order valence-electron chi connectivity index (χ2n) is 7.41. The summed E-state index contributed by atoms with van der Waals surface area (Å²) in [7, 11) is 1.69. The standard InChI is InChI=1S/C22H32N4O2/c1-4-25(5-2)16-22(27)24-15-17-9-12-26(13-10-17)21-8-11-23-20-7-6-18(28-3)14-19(20)21/h6-8,11,14,17H,4-5,9-10,12-13,15-16H2,1-3H3,(H,24,27). The molecule has 1 saturated heterocycles. The number of carbonyl (C=O) groups excluding carboxylic acids is 1. The van der Waals surface area contributed by atoms with Crippen LogP contribution in [0.25, 0.3) is 10.9 Å². The van der Waals surface area contributed by atoms with Crippen molar-refractivity contribution in [1.29, 1.82) is 0 Å². The number of aromatic nitrogens is 1. The number of ether oxygens (including phenoxy) is 1. The Morgan fingerprint density at radius 1 is 1.25 bits per heavy atom. The first-order valence-corrected chi connectivity index (χ1v) is 10.3. The van der Waals surface area contributed by atoms with Crippen molar-refractivity contribution in [2.75, 3.05) is 51.3 Å². The Labute approximate surface area is 167 Å². The highest BCUT2D eigenvalue weighted by molar-refractivity contribution is 5.92. The average molecular weight is 385 g/mol. The fourth-order valence-electron chi connectivity index (χ4n) is 3.86. The van der Waals surface area contributed by atoms with Crippen LogP contribution in [0.5, 0.6) is 5.75 Å². The Morgan fingerprint density at radius 3 is 2.68 bits per heavy atom. The van der Waals surface area contributed by atoms with Crippen LogP contribution in [-0.2, 0) is 4.79 Å². The topological polar surface area (TPSA) is 57.7 Å². The van der Waals surface area contributed by atoms with E-state index in [1.165, 1.54) is 5.69 Å². The molecule has 1 aliphatic heterocycles. The maximum atomic E-state index is 12.1. The number of likely N-dealkylation sites (N-methyl/N-ethyl adjacent to an activating group) is 1. The molecule has 0 atom stereocenters. The summed E-state index contributed by atoms with van der Waals surface area (Å²) >= 11 is 0. The van der Waals surface area contributed by atoms with Crippen molar-refractivity contribution in [3.8, 4) is 5.75 Å². The number of nitrogens with one attached hydrogen (secondary N) is 1. The molecule has 1 aromatic carbocycles. The van der Waals surface area contributed by atoms with Gasteiger partial charge in [-0.3, -0.25) is 14.7 Å². The van der Waals surface area contributed by atoms with Crippen LogP contribution in [0.4, 0.5) is 5.69 Å². The molecule has 2 heterocycles. The van der Waals surface area contributed by atoms with Crippen LogP contribution < -0.4 is 15.0 Å². The SMILES string of the molecule is CCN(CC)CC(=O)NCC1CCN(c2ccnc3ccc(OC)cc23)CC1. The van der Waals surface area contributed by atoms with Crippen LogP contribution in [-0.4, -0.2) is 62.2 Å².